The molecule has 2 N–H and O–H groups in total. The maximum Gasteiger partial charge on any atom is 0.335 e. The van der Waals surface area contributed by atoms with Gasteiger partial charge < -0.3 is 9.84 Å². The van der Waals surface area contributed by atoms with Crippen molar-refractivity contribution in [1.82, 2.24) is 5.32 Å². The summed E-state index contributed by atoms with van der Waals surface area (Å²) in [5, 5.41) is 11.9. The second-order valence-corrected chi connectivity index (χ2v) is 6.81. The number of nitrogens with zero attached hydrogens (tertiary/aromatic N) is 1. The Morgan fingerprint density at radius 1 is 1.22 bits per heavy atom. The molecule has 138 valence electrons. The molecule has 9 heteroatoms. The number of ether oxygens (including phenoxy) is 1. The summed E-state index contributed by atoms with van der Waals surface area (Å²) in [5.74, 6) is -1.80. The number of imide groups is 2. The minimum atomic E-state index is -0.846. The standard InChI is InChI=1S/C18H12BrClN2O5/c1-27-14-7-9(6-13(20)15(14)23)5-12-16(24)21-18(26)22(17(12)25)11-4-2-3-10(19)8-11/h2-8,23H,1H3,(H,21,24,26)/b12-5+. The lowest BCUT2D eigenvalue weighted by Gasteiger charge is -2.26. The highest BCUT2D eigenvalue weighted by molar-refractivity contribution is 9.10. The van der Waals surface area contributed by atoms with Gasteiger partial charge in [0.15, 0.2) is 11.5 Å². The molecule has 0 atom stereocenters. The Labute approximate surface area is 167 Å². The molecular weight excluding hydrogens is 440 g/mol. The molecule has 1 fully saturated rings. The summed E-state index contributed by atoms with van der Waals surface area (Å²) in [6, 6.07) is 8.47. The van der Waals surface area contributed by atoms with Crippen molar-refractivity contribution in [3.8, 4) is 11.5 Å². The number of anilines is 1. The van der Waals surface area contributed by atoms with E-state index in [0.29, 0.717) is 15.7 Å². The third-order valence-electron chi connectivity index (χ3n) is 3.75. The predicted octanol–water partition coefficient (Wildman–Crippen LogP) is 3.48. The molecule has 1 aliphatic rings. The van der Waals surface area contributed by atoms with Crippen molar-refractivity contribution in [2.45, 2.75) is 0 Å². The lowest BCUT2D eigenvalue weighted by atomic mass is 10.1. The molecule has 2 aromatic rings. The number of benzene rings is 2. The fourth-order valence-electron chi connectivity index (χ4n) is 2.51. The molecule has 7 nitrogen and oxygen atoms in total. The van der Waals surface area contributed by atoms with E-state index in [0.717, 1.165) is 4.90 Å². The van der Waals surface area contributed by atoms with Gasteiger partial charge in [-0.2, -0.15) is 0 Å². The van der Waals surface area contributed by atoms with E-state index in [1.807, 2.05) is 0 Å². The Bertz CT molecular complexity index is 1010. The van der Waals surface area contributed by atoms with Crippen molar-refractivity contribution < 1.29 is 24.2 Å². The first kappa shape index (κ1) is 18.9. The number of hydrogen-bond acceptors (Lipinski definition) is 5. The normalized spacial score (nSPS) is 15.9. The number of rotatable bonds is 3. The van der Waals surface area contributed by atoms with Gasteiger partial charge in [0, 0.05) is 4.47 Å². The van der Waals surface area contributed by atoms with Gasteiger partial charge >= 0.3 is 6.03 Å². The van der Waals surface area contributed by atoms with Crippen molar-refractivity contribution in [1.29, 1.82) is 0 Å². The first-order valence-electron chi connectivity index (χ1n) is 7.55. The van der Waals surface area contributed by atoms with Crippen molar-refractivity contribution in [2.75, 3.05) is 12.0 Å². The summed E-state index contributed by atoms with van der Waals surface area (Å²) in [5.41, 5.74) is 0.377. The van der Waals surface area contributed by atoms with Crippen LogP contribution in [0.2, 0.25) is 5.02 Å². The second kappa shape index (κ2) is 7.42. The number of amides is 4. The van der Waals surface area contributed by atoms with E-state index in [9.17, 15) is 19.5 Å². The molecule has 0 bridgehead atoms. The third-order valence-corrected chi connectivity index (χ3v) is 4.53. The molecule has 0 unspecified atom stereocenters. The number of barbiturate groups is 1. The number of nitrogens with one attached hydrogen (secondary N) is 1. The molecule has 3 rings (SSSR count). The van der Waals surface area contributed by atoms with Crippen molar-refractivity contribution in [2.24, 2.45) is 0 Å². The smallest absolute Gasteiger partial charge is 0.335 e. The van der Waals surface area contributed by atoms with Gasteiger partial charge in [-0.05, 0) is 42.0 Å². The number of urea groups is 1. The Kier molecular flexibility index (Phi) is 5.20. The van der Waals surface area contributed by atoms with E-state index < -0.39 is 17.8 Å². The summed E-state index contributed by atoms with van der Waals surface area (Å²) in [7, 11) is 1.34. The number of phenolic OH excluding ortho intramolecular Hbond substituents is 1. The predicted molar refractivity (Wildman–Crippen MR) is 103 cm³/mol. The monoisotopic (exact) mass is 450 g/mol. The van der Waals surface area contributed by atoms with E-state index in [2.05, 4.69) is 21.2 Å². The lowest BCUT2D eigenvalue weighted by molar-refractivity contribution is -0.122. The van der Waals surface area contributed by atoms with Crippen molar-refractivity contribution in [3.63, 3.8) is 0 Å². The van der Waals surface area contributed by atoms with E-state index in [-0.39, 0.29) is 22.1 Å². The second-order valence-electron chi connectivity index (χ2n) is 5.49. The minimum absolute atomic E-state index is 0.00945. The zero-order chi connectivity index (χ0) is 19.7. The quantitative estimate of drug-likeness (QED) is 0.550. The van der Waals surface area contributed by atoms with Crippen LogP contribution in [0.1, 0.15) is 5.56 Å². The van der Waals surface area contributed by atoms with Crippen LogP contribution in [0.3, 0.4) is 0 Å². The van der Waals surface area contributed by atoms with Gasteiger partial charge in [0.2, 0.25) is 0 Å². The molecule has 1 heterocycles. The van der Waals surface area contributed by atoms with Gasteiger partial charge in [0.25, 0.3) is 11.8 Å². The van der Waals surface area contributed by atoms with Gasteiger partial charge in [-0.1, -0.05) is 33.6 Å². The van der Waals surface area contributed by atoms with Crippen LogP contribution < -0.4 is 15.0 Å². The number of phenols is 1. The molecule has 27 heavy (non-hydrogen) atoms. The first-order chi connectivity index (χ1) is 12.8. The highest BCUT2D eigenvalue weighted by atomic mass is 79.9. The molecule has 0 aliphatic carbocycles. The van der Waals surface area contributed by atoms with Crippen LogP contribution in [0.4, 0.5) is 10.5 Å². The van der Waals surface area contributed by atoms with Crippen LogP contribution in [-0.4, -0.2) is 30.1 Å². The highest BCUT2D eigenvalue weighted by Gasteiger charge is 2.36. The summed E-state index contributed by atoms with van der Waals surface area (Å²) in [4.78, 5) is 38.1. The summed E-state index contributed by atoms with van der Waals surface area (Å²) < 4.78 is 5.68. The Hall–Kier alpha value is -2.84. The SMILES string of the molecule is COc1cc(/C=C2\C(=O)NC(=O)N(c3cccc(Br)c3)C2=O)cc(Cl)c1O. The fourth-order valence-corrected chi connectivity index (χ4v) is 3.11. The summed E-state index contributed by atoms with van der Waals surface area (Å²) >= 11 is 9.22. The van der Waals surface area contributed by atoms with E-state index >= 15 is 0 Å². The van der Waals surface area contributed by atoms with E-state index in [1.165, 1.54) is 25.3 Å². The fraction of sp³-hybridized carbons (Fsp3) is 0.0556. The van der Waals surface area contributed by atoms with E-state index in [1.54, 1.807) is 24.3 Å². The molecular formula is C18H12BrClN2O5. The molecule has 0 radical (unpaired) electrons. The molecule has 4 amide bonds. The van der Waals surface area contributed by atoms with Gasteiger partial charge in [-0.15, -0.1) is 0 Å². The van der Waals surface area contributed by atoms with Gasteiger partial charge in [0.1, 0.15) is 5.57 Å². The number of methoxy groups -OCH3 is 1. The van der Waals surface area contributed by atoms with Crippen LogP contribution >= 0.6 is 27.5 Å². The van der Waals surface area contributed by atoms with Gasteiger partial charge in [0.05, 0.1) is 17.8 Å². The van der Waals surface area contributed by atoms with Crippen LogP contribution in [0.25, 0.3) is 6.08 Å². The number of aromatic hydroxyl groups is 1. The van der Waals surface area contributed by atoms with Gasteiger partial charge in [-0.3, -0.25) is 14.9 Å². The Morgan fingerprint density at radius 3 is 2.63 bits per heavy atom. The minimum Gasteiger partial charge on any atom is -0.503 e. The lowest BCUT2D eigenvalue weighted by Crippen LogP contribution is -2.54. The Morgan fingerprint density at radius 2 is 1.96 bits per heavy atom. The zero-order valence-electron chi connectivity index (χ0n) is 13.8. The average Bonchev–Trinajstić information content (AvgIpc) is 2.61. The van der Waals surface area contributed by atoms with Crippen molar-refractivity contribution in [3.05, 3.63) is 57.0 Å². The molecule has 2 aromatic carbocycles. The number of carbonyl (C=O) groups excluding carboxylic acids is 3. The van der Waals surface area contributed by atoms with Crippen molar-refractivity contribution >= 4 is 57.1 Å². The number of halogens is 2. The maximum absolute atomic E-state index is 12.8. The van der Waals surface area contributed by atoms with E-state index in [4.69, 9.17) is 16.3 Å². The Balaban J connectivity index is 2.06. The van der Waals surface area contributed by atoms with Crippen LogP contribution in [0, 0.1) is 0 Å². The van der Waals surface area contributed by atoms with Gasteiger partial charge in [-0.25, -0.2) is 9.69 Å². The number of carbonyl (C=O) groups is 3. The topological polar surface area (TPSA) is 95.9 Å². The first-order valence-corrected chi connectivity index (χ1v) is 8.72. The third kappa shape index (κ3) is 3.67. The molecule has 0 aromatic heterocycles. The molecule has 0 spiro atoms. The van der Waals surface area contributed by atoms with Crippen LogP contribution in [0.5, 0.6) is 11.5 Å². The van der Waals surface area contributed by atoms with Crippen LogP contribution in [-0.2, 0) is 9.59 Å². The highest BCUT2D eigenvalue weighted by Crippen LogP contribution is 2.36. The summed E-state index contributed by atoms with van der Waals surface area (Å²) in [6.45, 7) is 0. The maximum atomic E-state index is 12.8. The molecule has 1 aliphatic heterocycles. The average molecular weight is 452 g/mol. The number of hydrogen-bond donors (Lipinski definition) is 2. The molecule has 1 saturated heterocycles. The molecule has 0 saturated carbocycles. The largest absolute Gasteiger partial charge is 0.503 e. The summed E-state index contributed by atoms with van der Waals surface area (Å²) in [6.07, 6.45) is 1.27. The zero-order valence-corrected chi connectivity index (χ0v) is 16.2. The van der Waals surface area contributed by atoms with Crippen LogP contribution in [0.15, 0.2) is 46.4 Å².